The normalized spacial score (nSPS) is 14.5. The maximum Gasteiger partial charge on any atom is 0.0133 e. The van der Waals surface area contributed by atoms with E-state index in [0.717, 1.165) is 18.9 Å². The lowest BCUT2D eigenvalue weighted by Crippen LogP contribution is -2.36. The number of unbranched alkanes of at least 4 members (excludes halogenated alkanes) is 1. The van der Waals surface area contributed by atoms with E-state index in [-0.39, 0.29) is 0 Å². The molecule has 0 aliphatic carbocycles. The summed E-state index contributed by atoms with van der Waals surface area (Å²) in [6, 6.07) is 11.4. The van der Waals surface area contributed by atoms with Crippen molar-refractivity contribution in [1.82, 2.24) is 5.32 Å². The first-order valence-electron chi connectivity index (χ1n) is 7.05. The summed E-state index contributed by atoms with van der Waals surface area (Å²) in [4.78, 5) is 0. The highest BCUT2D eigenvalue weighted by atomic mass is 14.9. The van der Waals surface area contributed by atoms with Crippen LogP contribution >= 0.6 is 0 Å². The number of hydrogen-bond donors (Lipinski definition) is 1. The first-order valence-corrected chi connectivity index (χ1v) is 7.05. The third-order valence-corrected chi connectivity index (χ3v) is 3.46. The second-order valence-corrected chi connectivity index (χ2v) is 4.97. The molecule has 0 aliphatic rings. The standard InChI is InChI=1S/C16H27N/c1-4-6-10-14(3)16(17-5-2)13-15-11-8-7-9-12-15/h7-9,11-12,14,16-17H,4-6,10,13H2,1-3H3. The molecule has 0 saturated carbocycles. The molecule has 1 heteroatoms. The molecule has 2 unspecified atom stereocenters. The number of likely N-dealkylation sites (N-methyl/N-ethyl adjacent to an activating group) is 1. The summed E-state index contributed by atoms with van der Waals surface area (Å²) in [5, 5.41) is 3.64. The van der Waals surface area contributed by atoms with E-state index in [9.17, 15) is 0 Å². The summed E-state index contributed by atoms with van der Waals surface area (Å²) >= 11 is 0. The smallest absolute Gasteiger partial charge is 0.0133 e. The van der Waals surface area contributed by atoms with Crippen LogP contribution in [0.4, 0.5) is 0 Å². The molecule has 1 aromatic carbocycles. The molecule has 0 fully saturated rings. The van der Waals surface area contributed by atoms with Crippen molar-refractivity contribution in [2.75, 3.05) is 6.54 Å². The average Bonchev–Trinajstić information content (AvgIpc) is 2.36. The predicted octanol–water partition coefficient (Wildman–Crippen LogP) is 4.03. The van der Waals surface area contributed by atoms with Crippen LogP contribution in [-0.2, 0) is 6.42 Å². The van der Waals surface area contributed by atoms with Crippen LogP contribution in [-0.4, -0.2) is 12.6 Å². The molecule has 17 heavy (non-hydrogen) atoms. The molecule has 0 amide bonds. The molecule has 1 N–H and O–H groups in total. The van der Waals surface area contributed by atoms with Crippen molar-refractivity contribution in [3.05, 3.63) is 35.9 Å². The van der Waals surface area contributed by atoms with E-state index in [1.54, 1.807) is 0 Å². The highest BCUT2D eigenvalue weighted by Gasteiger charge is 2.15. The Labute approximate surface area is 107 Å². The molecule has 0 radical (unpaired) electrons. The highest BCUT2D eigenvalue weighted by molar-refractivity contribution is 5.16. The molecule has 96 valence electrons. The first kappa shape index (κ1) is 14.2. The van der Waals surface area contributed by atoms with Crippen LogP contribution < -0.4 is 5.32 Å². The van der Waals surface area contributed by atoms with Crippen molar-refractivity contribution in [2.24, 2.45) is 5.92 Å². The van der Waals surface area contributed by atoms with Gasteiger partial charge < -0.3 is 5.32 Å². The van der Waals surface area contributed by atoms with Crippen LogP contribution in [0.2, 0.25) is 0 Å². The summed E-state index contributed by atoms with van der Waals surface area (Å²) in [5.41, 5.74) is 1.45. The topological polar surface area (TPSA) is 12.0 Å². The Balaban J connectivity index is 2.53. The van der Waals surface area contributed by atoms with Gasteiger partial charge in [0.15, 0.2) is 0 Å². The molecule has 0 aromatic heterocycles. The molecule has 0 saturated heterocycles. The fourth-order valence-corrected chi connectivity index (χ4v) is 2.33. The fraction of sp³-hybridized carbons (Fsp3) is 0.625. The fourth-order valence-electron chi connectivity index (χ4n) is 2.33. The number of rotatable bonds is 8. The average molecular weight is 233 g/mol. The summed E-state index contributed by atoms with van der Waals surface area (Å²) in [6.45, 7) is 7.91. The van der Waals surface area contributed by atoms with Gasteiger partial charge in [0.1, 0.15) is 0 Å². The second-order valence-electron chi connectivity index (χ2n) is 4.97. The van der Waals surface area contributed by atoms with Crippen LogP contribution in [0.5, 0.6) is 0 Å². The van der Waals surface area contributed by atoms with Crippen molar-refractivity contribution in [3.8, 4) is 0 Å². The van der Waals surface area contributed by atoms with E-state index in [1.807, 2.05) is 0 Å². The third kappa shape index (κ3) is 5.36. The maximum absolute atomic E-state index is 3.64. The number of hydrogen-bond acceptors (Lipinski definition) is 1. The zero-order valence-corrected chi connectivity index (χ0v) is 11.6. The summed E-state index contributed by atoms with van der Waals surface area (Å²) in [6.07, 6.45) is 5.13. The third-order valence-electron chi connectivity index (χ3n) is 3.46. The van der Waals surface area contributed by atoms with Gasteiger partial charge in [0.05, 0.1) is 0 Å². The van der Waals surface area contributed by atoms with Crippen molar-refractivity contribution >= 4 is 0 Å². The Morgan fingerprint density at radius 3 is 2.41 bits per heavy atom. The summed E-state index contributed by atoms with van der Waals surface area (Å²) < 4.78 is 0. The number of nitrogens with one attached hydrogen (secondary N) is 1. The molecule has 1 nitrogen and oxygen atoms in total. The minimum atomic E-state index is 0.619. The predicted molar refractivity (Wildman–Crippen MR) is 76.3 cm³/mol. The SMILES string of the molecule is CCCCC(C)C(Cc1ccccc1)NCC. The van der Waals surface area contributed by atoms with E-state index in [2.05, 4.69) is 56.4 Å². The molecular weight excluding hydrogens is 206 g/mol. The van der Waals surface area contributed by atoms with Crippen molar-refractivity contribution < 1.29 is 0 Å². The van der Waals surface area contributed by atoms with Gasteiger partial charge in [-0.05, 0) is 30.9 Å². The lowest BCUT2D eigenvalue weighted by atomic mass is 9.91. The Morgan fingerprint density at radius 2 is 1.82 bits per heavy atom. The first-order chi connectivity index (χ1) is 8.27. The van der Waals surface area contributed by atoms with Gasteiger partial charge in [0.2, 0.25) is 0 Å². The molecule has 0 aliphatic heterocycles. The molecular formula is C16H27N. The van der Waals surface area contributed by atoms with E-state index in [0.29, 0.717) is 6.04 Å². The molecule has 0 heterocycles. The van der Waals surface area contributed by atoms with E-state index < -0.39 is 0 Å². The van der Waals surface area contributed by atoms with Gasteiger partial charge in [-0.15, -0.1) is 0 Å². The number of benzene rings is 1. The highest BCUT2D eigenvalue weighted by Crippen LogP contribution is 2.16. The van der Waals surface area contributed by atoms with Crippen LogP contribution in [0, 0.1) is 5.92 Å². The largest absolute Gasteiger partial charge is 0.314 e. The van der Waals surface area contributed by atoms with Gasteiger partial charge in [0.25, 0.3) is 0 Å². The van der Waals surface area contributed by atoms with Crippen LogP contribution in [0.1, 0.15) is 45.6 Å². The van der Waals surface area contributed by atoms with Crippen LogP contribution in [0.15, 0.2) is 30.3 Å². The molecule has 2 atom stereocenters. The zero-order valence-electron chi connectivity index (χ0n) is 11.6. The zero-order chi connectivity index (χ0) is 12.5. The Kier molecular flexibility index (Phi) is 6.95. The van der Waals surface area contributed by atoms with Crippen molar-refractivity contribution in [3.63, 3.8) is 0 Å². The van der Waals surface area contributed by atoms with E-state index >= 15 is 0 Å². The van der Waals surface area contributed by atoms with Gasteiger partial charge in [-0.2, -0.15) is 0 Å². The van der Waals surface area contributed by atoms with E-state index in [4.69, 9.17) is 0 Å². The lowest BCUT2D eigenvalue weighted by molar-refractivity contribution is 0.352. The summed E-state index contributed by atoms with van der Waals surface area (Å²) in [5.74, 6) is 0.759. The lowest BCUT2D eigenvalue weighted by Gasteiger charge is -2.25. The Bertz CT molecular complexity index is 281. The summed E-state index contributed by atoms with van der Waals surface area (Å²) in [7, 11) is 0. The second kappa shape index (κ2) is 8.30. The quantitative estimate of drug-likeness (QED) is 0.714. The Hall–Kier alpha value is -0.820. The van der Waals surface area contributed by atoms with Crippen molar-refractivity contribution in [1.29, 1.82) is 0 Å². The van der Waals surface area contributed by atoms with Gasteiger partial charge in [-0.1, -0.05) is 63.9 Å². The minimum Gasteiger partial charge on any atom is -0.314 e. The molecule has 0 bridgehead atoms. The van der Waals surface area contributed by atoms with E-state index in [1.165, 1.54) is 24.8 Å². The van der Waals surface area contributed by atoms with Gasteiger partial charge in [-0.3, -0.25) is 0 Å². The van der Waals surface area contributed by atoms with Gasteiger partial charge in [0, 0.05) is 6.04 Å². The van der Waals surface area contributed by atoms with Crippen LogP contribution in [0.3, 0.4) is 0 Å². The molecule has 1 aromatic rings. The van der Waals surface area contributed by atoms with Crippen molar-refractivity contribution in [2.45, 2.75) is 52.5 Å². The monoisotopic (exact) mass is 233 g/mol. The Morgan fingerprint density at radius 1 is 1.12 bits per heavy atom. The molecule has 1 rings (SSSR count). The molecule has 0 spiro atoms. The van der Waals surface area contributed by atoms with Crippen LogP contribution in [0.25, 0.3) is 0 Å². The minimum absolute atomic E-state index is 0.619. The maximum atomic E-state index is 3.64. The van der Waals surface area contributed by atoms with Gasteiger partial charge >= 0.3 is 0 Å². The van der Waals surface area contributed by atoms with Gasteiger partial charge in [-0.25, -0.2) is 0 Å².